The third-order valence-corrected chi connectivity index (χ3v) is 5.21. The van der Waals surface area contributed by atoms with Gasteiger partial charge in [0, 0.05) is 12.2 Å². The minimum atomic E-state index is -3.65. The number of rotatable bonds is 5. The van der Waals surface area contributed by atoms with Gasteiger partial charge in [-0.3, -0.25) is 0 Å². The Hall–Kier alpha value is -1.45. The Kier molecular flexibility index (Phi) is 3.03. The Morgan fingerprint density at radius 1 is 1.32 bits per heavy atom. The second-order valence-corrected chi connectivity index (χ2v) is 6.97. The second-order valence-electron chi connectivity index (χ2n) is 5.28. The van der Waals surface area contributed by atoms with E-state index in [9.17, 15) is 8.42 Å². The summed E-state index contributed by atoms with van der Waals surface area (Å²) in [5, 5.41) is 8.95. The minimum Gasteiger partial charge on any atom is -0.244 e. The van der Waals surface area contributed by atoms with Gasteiger partial charge in [0.1, 0.15) is 11.0 Å². The molecule has 2 aliphatic carbocycles. The largest absolute Gasteiger partial charge is 0.244 e. The molecule has 0 unspecified atom stereocenters. The second kappa shape index (κ2) is 4.58. The fraction of sp³-hybridized carbons (Fsp3) is 0.538. The summed E-state index contributed by atoms with van der Waals surface area (Å²) in [6.45, 7) is 0. The molecule has 0 aliphatic heterocycles. The zero-order valence-corrected chi connectivity index (χ0v) is 11.2. The topological polar surface area (TPSA) is 82.8 Å². The van der Waals surface area contributed by atoms with Crippen molar-refractivity contribution in [1.29, 1.82) is 5.26 Å². The van der Waals surface area contributed by atoms with Gasteiger partial charge in [-0.25, -0.2) is 18.1 Å². The van der Waals surface area contributed by atoms with Crippen molar-refractivity contribution in [1.82, 2.24) is 9.71 Å². The lowest BCUT2D eigenvalue weighted by atomic mass is 10.1. The van der Waals surface area contributed by atoms with Crippen LogP contribution < -0.4 is 4.72 Å². The number of sulfonamides is 1. The first-order valence-corrected chi connectivity index (χ1v) is 7.97. The smallest absolute Gasteiger partial charge is 0.243 e. The molecular weight excluding hydrogens is 262 g/mol. The van der Waals surface area contributed by atoms with Gasteiger partial charge in [-0.05, 0) is 49.7 Å². The molecule has 0 saturated heterocycles. The van der Waals surface area contributed by atoms with Crippen molar-refractivity contribution in [2.45, 2.75) is 36.6 Å². The Morgan fingerprint density at radius 2 is 1.95 bits per heavy atom. The van der Waals surface area contributed by atoms with Crippen LogP contribution in [0.1, 0.15) is 31.4 Å². The van der Waals surface area contributed by atoms with E-state index in [-0.39, 0.29) is 16.6 Å². The van der Waals surface area contributed by atoms with Gasteiger partial charge < -0.3 is 0 Å². The van der Waals surface area contributed by atoms with Gasteiger partial charge in [-0.15, -0.1) is 0 Å². The number of nitrogens with zero attached hydrogens (tertiary/aromatic N) is 2. The van der Waals surface area contributed by atoms with Crippen molar-refractivity contribution in [3.05, 3.63) is 24.0 Å². The molecule has 2 aliphatic rings. The molecule has 19 heavy (non-hydrogen) atoms. The van der Waals surface area contributed by atoms with Crippen LogP contribution in [0.5, 0.6) is 0 Å². The molecular formula is C13H15N3O2S. The molecule has 100 valence electrons. The fourth-order valence-electron chi connectivity index (χ4n) is 2.42. The van der Waals surface area contributed by atoms with Crippen LogP contribution in [0.25, 0.3) is 0 Å². The SMILES string of the molecule is N#Cc1ncccc1S(=O)(=O)NC(C1CC1)C1CC1. The van der Waals surface area contributed by atoms with Crippen LogP contribution in [0.4, 0.5) is 0 Å². The average molecular weight is 277 g/mol. The van der Waals surface area contributed by atoms with E-state index in [1.54, 1.807) is 6.07 Å². The van der Waals surface area contributed by atoms with Crippen molar-refractivity contribution in [2.75, 3.05) is 0 Å². The normalized spacial score (nSPS) is 19.4. The summed E-state index contributed by atoms with van der Waals surface area (Å²) in [6, 6.07) is 4.85. The van der Waals surface area contributed by atoms with Crippen LogP contribution in [-0.2, 0) is 10.0 Å². The van der Waals surface area contributed by atoms with E-state index in [4.69, 9.17) is 5.26 Å². The Morgan fingerprint density at radius 3 is 2.47 bits per heavy atom. The number of aromatic nitrogens is 1. The molecule has 1 aromatic rings. The maximum Gasteiger partial charge on any atom is 0.243 e. The van der Waals surface area contributed by atoms with E-state index in [0.717, 1.165) is 25.7 Å². The standard InChI is InChI=1S/C13H15N3O2S/c14-8-11-12(2-1-7-15-11)19(17,18)16-13(9-3-4-9)10-5-6-10/h1-2,7,9-10,13,16H,3-6H2. The summed E-state index contributed by atoms with van der Waals surface area (Å²) in [7, 11) is -3.65. The Labute approximate surface area is 112 Å². The van der Waals surface area contributed by atoms with Gasteiger partial charge in [0.05, 0.1) is 0 Å². The quantitative estimate of drug-likeness (QED) is 0.882. The van der Waals surface area contributed by atoms with Gasteiger partial charge in [0.15, 0.2) is 5.69 Å². The summed E-state index contributed by atoms with van der Waals surface area (Å²) in [4.78, 5) is 3.80. The maximum atomic E-state index is 12.4. The monoisotopic (exact) mass is 277 g/mol. The Bertz CT molecular complexity index is 616. The zero-order chi connectivity index (χ0) is 13.5. The Balaban J connectivity index is 1.87. The molecule has 3 rings (SSSR count). The molecule has 6 heteroatoms. The summed E-state index contributed by atoms with van der Waals surface area (Å²) in [6.07, 6.45) is 5.82. The van der Waals surface area contributed by atoms with E-state index in [2.05, 4.69) is 9.71 Å². The first kappa shape index (κ1) is 12.6. The van der Waals surface area contributed by atoms with Gasteiger partial charge in [0.25, 0.3) is 0 Å². The summed E-state index contributed by atoms with van der Waals surface area (Å²) in [5.74, 6) is 0.953. The predicted molar refractivity (Wildman–Crippen MR) is 68.5 cm³/mol. The van der Waals surface area contributed by atoms with Crippen molar-refractivity contribution in [3.63, 3.8) is 0 Å². The summed E-state index contributed by atoms with van der Waals surface area (Å²) >= 11 is 0. The molecule has 2 saturated carbocycles. The third-order valence-electron chi connectivity index (χ3n) is 3.72. The molecule has 1 N–H and O–H groups in total. The predicted octanol–water partition coefficient (Wildman–Crippen LogP) is 1.42. The van der Waals surface area contributed by atoms with Crippen LogP contribution in [-0.4, -0.2) is 19.4 Å². The lowest BCUT2D eigenvalue weighted by molar-refractivity contribution is 0.471. The number of hydrogen-bond donors (Lipinski definition) is 1. The first-order valence-electron chi connectivity index (χ1n) is 6.49. The summed E-state index contributed by atoms with van der Waals surface area (Å²) < 4.78 is 27.6. The van der Waals surface area contributed by atoms with Crippen molar-refractivity contribution in [2.24, 2.45) is 11.8 Å². The molecule has 1 aromatic heterocycles. The van der Waals surface area contributed by atoms with E-state index < -0.39 is 10.0 Å². The highest BCUT2D eigenvalue weighted by Crippen LogP contribution is 2.45. The molecule has 0 amide bonds. The van der Waals surface area contributed by atoms with Crippen LogP contribution >= 0.6 is 0 Å². The molecule has 0 bridgehead atoms. The molecule has 0 aromatic carbocycles. The molecule has 1 heterocycles. The van der Waals surface area contributed by atoms with Crippen LogP contribution in [0, 0.1) is 23.2 Å². The van der Waals surface area contributed by atoms with E-state index in [1.165, 1.54) is 12.3 Å². The molecule has 2 fully saturated rings. The van der Waals surface area contributed by atoms with Crippen LogP contribution in [0.15, 0.2) is 23.2 Å². The molecule has 0 radical (unpaired) electrons. The highest BCUT2D eigenvalue weighted by molar-refractivity contribution is 7.89. The van der Waals surface area contributed by atoms with Gasteiger partial charge >= 0.3 is 0 Å². The first-order chi connectivity index (χ1) is 9.12. The number of nitriles is 1. The minimum absolute atomic E-state index is 0.0104. The maximum absolute atomic E-state index is 12.4. The van der Waals surface area contributed by atoms with E-state index in [0.29, 0.717) is 11.8 Å². The zero-order valence-electron chi connectivity index (χ0n) is 10.4. The van der Waals surface area contributed by atoms with Gasteiger partial charge in [-0.1, -0.05) is 0 Å². The lowest BCUT2D eigenvalue weighted by Crippen LogP contribution is -2.38. The highest BCUT2D eigenvalue weighted by Gasteiger charge is 2.43. The number of hydrogen-bond acceptors (Lipinski definition) is 4. The van der Waals surface area contributed by atoms with E-state index >= 15 is 0 Å². The van der Waals surface area contributed by atoms with Crippen LogP contribution in [0.2, 0.25) is 0 Å². The highest BCUT2D eigenvalue weighted by atomic mass is 32.2. The average Bonchev–Trinajstić information content (AvgIpc) is 3.29. The third kappa shape index (κ3) is 2.62. The van der Waals surface area contributed by atoms with Crippen LogP contribution in [0.3, 0.4) is 0 Å². The van der Waals surface area contributed by atoms with Crippen molar-refractivity contribution >= 4 is 10.0 Å². The number of pyridine rings is 1. The summed E-state index contributed by atoms with van der Waals surface area (Å²) in [5.41, 5.74) is -0.0413. The van der Waals surface area contributed by atoms with Gasteiger partial charge in [-0.2, -0.15) is 5.26 Å². The lowest BCUT2D eigenvalue weighted by Gasteiger charge is -2.17. The molecule has 0 atom stereocenters. The van der Waals surface area contributed by atoms with E-state index in [1.807, 2.05) is 6.07 Å². The van der Waals surface area contributed by atoms with Crippen molar-refractivity contribution < 1.29 is 8.42 Å². The fourth-order valence-corrected chi connectivity index (χ4v) is 3.90. The van der Waals surface area contributed by atoms with Crippen molar-refractivity contribution in [3.8, 4) is 6.07 Å². The van der Waals surface area contributed by atoms with Gasteiger partial charge in [0.2, 0.25) is 10.0 Å². The molecule has 0 spiro atoms. The molecule has 5 nitrogen and oxygen atoms in total. The number of nitrogens with one attached hydrogen (secondary N) is 1.